The van der Waals surface area contributed by atoms with Gasteiger partial charge in [-0.05, 0) is 247 Å². The molecule has 0 saturated heterocycles. The molecule has 7 nitrogen and oxygen atoms in total. The number of nitrogens with zero attached hydrogens (tertiary/aromatic N) is 2. The van der Waals surface area contributed by atoms with Crippen LogP contribution in [0.4, 0.5) is 0 Å². The molecular weight excluding hydrogens is 1680 g/mol. The van der Waals surface area contributed by atoms with Crippen LogP contribution in [0.15, 0.2) is 484 Å². The minimum absolute atomic E-state index is 0.0272. The number of hydrogen-bond acceptors (Lipinski definition) is 5. The van der Waals surface area contributed by atoms with E-state index >= 15 is 0 Å². The highest BCUT2D eigenvalue weighted by atomic mass is 16.3. The van der Waals surface area contributed by atoms with E-state index in [4.69, 9.17) is 22.1 Å². The number of para-hydroxylation sites is 7. The molecule has 646 valence electrons. The van der Waals surface area contributed by atoms with E-state index < -0.39 is 0 Å². The van der Waals surface area contributed by atoms with Gasteiger partial charge in [0.2, 0.25) is 0 Å². The van der Waals surface area contributed by atoms with Crippen molar-refractivity contribution >= 4 is 207 Å². The summed E-state index contributed by atoms with van der Waals surface area (Å²) in [6, 6.07) is 156. The average Bonchev–Trinajstić information content (AvgIpc) is 1.53. The van der Waals surface area contributed by atoms with Gasteiger partial charge in [-0.3, -0.25) is 0 Å². The molecule has 0 atom stereocenters. The van der Waals surface area contributed by atoms with Crippen molar-refractivity contribution in [3.63, 3.8) is 0 Å². The molecule has 7 heterocycles. The Balaban J connectivity index is 0.0000000916. The predicted molar refractivity (Wildman–Crippen MR) is 578 cm³/mol. The van der Waals surface area contributed by atoms with Gasteiger partial charge in [0.25, 0.3) is 0 Å². The van der Waals surface area contributed by atoms with Gasteiger partial charge >= 0.3 is 0 Å². The van der Waals surface area contributed by atoms with Crippen LogP contribution in [0.3, 0.4) is 0 Å². The normalized spacial score (nSPS) is 12.5. The summed E-state index contributed by atoms with van der Waals surface area (Å²) in [6.45, 7) is 4.69. The Labute approximate surface area is 791 Å². The minimum Gasteiger partial charge on any atom is -0.472 e. The number of benzene rings is 23. The van der Waals surface area contributed by atoms with Crippen LogP contribution in [0, 0.1) is 0 Å². The van der Waals surface area contributed by atoms with E-state index in [1.54, 1.807) is 12.5 Å². The lowest BCUT2D eigenvalue weighted by atomic mass is 9.81. The Bertz CT molecular complexity index is 10300. The first kappa shape index (κ1) is 78.6. The van der Waals surface area contributed by atoms with Crippen LogP contribution in [-0.4, -0.2) is 9.13 Å². The maximum Gasteiger partial charge on any atom is 0.143 e. The van der Waals surface area contributed by atoms with Crippen LogP contribution in [0.2, 0.25) is 0 Å². The van der Waals surface area contributed by atoms with Crippen molar-refractivity contribution in [3.8, 4) is 67.0 Å². The van der Waals surface area contributed by atoms with Gasteiger partial charge in [0, 0.05) is 121 Å². The summed E-state index contributed by atoms with van der Waals surface area (Å²) in [5, 5.41) is 33.5. The monoisotopic (exact) mass is 1760 g/mol. The molecular formula is C131H82N2O5. The first-order valence-electron chi connectivity index (χ1n) is 47.3. The molecule has 0 saturated carbocycles. The summed E-state index contributed by atoms with van der Waals surface area (Å²) in [5.74, 6) is 0. The van der Waals surface area contributed by atoms with Gasteiger partial charge in [-0.2, -0.15) is 0 Å². The number of aromatic nitrogens is 2. The molecule has 1 aliphatic rings. The molecule has 31 rings (SSSR count). The highest BCUT2D eigenvalue weighted by Crippen LogP contribution is 2.54. The van der Waals surface area contributed by atoms with Gasteiger partial charge in [0.1, 0.15) is 44.7 Å². The van der Waals surface area contributed by atoms with Crippen molar-refractivity contribution in [2.45, 2.75) is 19.3 Å². The second-order valence-electron chi connectivity index (χ2n) is 37.1. The smallest absolute Gasteiger partial charge is 0.143 e. The lowest BCUT2D eigenvalue weighted by molar-refractivity contribution is 0.568. The average molecular weight is 1760 g/mol. The third-order valence-electron chi connectivity index (χ3n) is 29.3. The fourth-order valence-corrected chi connectivity index (χ4v) is 22.9. The molecule has 0 radical (unpaired) electrons. The zero-order chi connectivity index (χ0) is 91.0. The van der Waals surface area contributed by atoms with Gasteiger partial charge in [-0.25, -0.2) is 0 Å². The highest BCUT2D eigenvalue weighted by Gasteiger charge is 2.36. The lowest BCUT2D eigenvalue weighted by Gasteiger charge is -2.22. The van der Waals surface area contributed by atoms with Crippen molar-refractivity contribution in [1.82, 2.24) is 9.13 Å². The number of rotatable bonds is 6. The fraction of sp³-hybridized carbons (Fsp3) is 0.0229. The fourth-order valence-electron chi connectivity index (χ4n) is 22.9. The number of fused-ring (bicyclic) bond motifs is 35. The third kappa shape index (κ3) is 12.2. The molecule has 0 bridgehead atoms. The molecule has 23 aromatic carbocycles. The first-order valence-corrected chi connectivity index (χ1v) is 47.3. The Morgan fingerprint density at radius 3 is 0.993 bits per heavy atom. The maximum absolute atomic E-state index is 6.73. The highest BCUT2D eigenvalue weighted by molar-refractivity contribution is 6.33. The molecule has 7 heteroatoms. The van der Waals surface area contributed by atoms with Crippen molar-refractivity contribution in [2.75, 3.05) is 0 Å². The second-order valence-corrected chi connectivity index (χ2v) is 37.1. The lowest BCUT2D eigenvalue weighted by Crippen LogP contribution is -2.14. The molecule has 0 amide bonds. The Morgan fingerprint density at radius 2 is 0.536 bits per heavy atom. The van der Waals surface area contributed by atoms with Gasteiger partial charge < -0.3 is 31.2 Å². The molecule has 7 aromatic heterocycles. The number of furan rings is 5. The second kappa shape index (κ2) is 31.0. The van der Waals surface area contributed by atoms with Gasteiger partial charge in [0.05, 0.1) is 23.6 Å². The zero-order valence-electron chi connectivity index (χ0n) is 75.3. The minimum atomic E-state index is -0.0272. The van der Waals surface area contributed by atoms with Crippen LogP contribution >= 0.6 is 0 Å². The van der Waals surface area contributed by atoms with Crippen LogP contribution in [0.1, 0.15) is 25.0 Å². The third-order valence-corrected chi connectivity index (χ3v) is 29.3. The quantitative estimate of drug-likeness (QED) is 0.155. The Morgan fingerprint density at radius 1 is 0.196 bits per heavy atom. The molecule has 30 aromatic rings. The van der Waals surface area contributed by atoms with E-state index in [1.807, 2.05) is 30.3 Å². The van der Waals surface area contributed by atoms with Crippen molar-refractivity contribution in [2.24, 2.45) is 0 Å². The molecule has 1 aliphatic carbocycles. The molecule has 0 fully saturated rings. The first-order chi connectivity index (χ1) is 68.2. The summed E-state index contributed by atoms with van der Waals surface area (Å²) in [6.07, 6.45) is 8.09. The number of hydrogen-bond donors (Lipinski definition) is 0. The Hall–Kier alpha value is -18.0. The van der Waals surface area contributed by atoms with E-state index in [0.717, 1.165) is 99.5 Å². The van der Waals surface area contributed by atoms with Crippen LogP contribution in [-0.2, 0) is 5.41 Å². The van der Waals surface area contributed by atoms with Crippen LogP contribution in [0.5, 0.6) is 0 Å². The summed E-state index contributed by atoms with van der Waals surface area (Å²) in [5.41, 5.74) is 27.4. The topological polar surface area (TPSA) is 75.6 Å². The van der Waals surface area contributed by atoms with Crippen molar-refractivity contribution in [3.05, 3.63) is 473 Å². The van der Waals surface area contributed by atoms with Gasteiger partial charge in [-0.15, -0.1) is 0 Å². The zero-order valence-corrected chi connectivity index (χ0v) is 75.3. The van der Waals surface area contributed by atoms with Crippen LogP contribution < -0.4 is 0 Å². The van der Waals surface area contributed by atoms with Gasteiger partial charge in [-0.1, -0.05) is 329 Å². The van der Waals surface area contributed by atoms with Crippen molar-refractivity contribution < 1.29 is 22.1 Å². The van der Waals surface area contributed by atoms with E-state index in [0.29, 0.717) is 0 Å². The largest absolute Gasteiger partial charge is 0.472 e. The molecule has 0 spiro atoms. The molecule has 0 N–H and O–H groups in total. The van der Waals surface area contributed by atoms with Gasteiger partial charge in [0.15, 0.2) is 0 Å². The van der Waals surface area contributed by atoms with Crippen molar-refractivity contribution in [1.29, 1.82) is 0 Å². The predicted octanol–water partition coefficient (Wildman–Crippen LogP) is 37.2. The molecule has 0 unspecified atom stereocenters. The Kier molecular flexibility index (Phi) is 17.7. The summed E-state index contributed by atoms with van der Waals surface area (Å²) >= 11 is 0. The van der Waals surface area contributed by atoms with E-state index in [1.165, 1.54) is 185 Å². The standard InChI is InChI=1S/C38H23NO.C35H24O.C34H21NO.C24H14O2/c1-2-12-26(13-3-1)39-23-33(29-16-8-9-17-34(29)39)32-22-25-11-5-7-15-28(25)37-30(32)19-20-31-36-27-14-6-4-10-24(27)18-21-35(36)40-38(31)37;1-35(2)30-13-7-5-11-24(30)25-16-15-22(20-31(25)35)29-19-21-9-3-4-10-23(21)33-27(29)17-18-28-26-12-6-8-14-32(26)36-34(28)33;1-2-11-23(12-3-1)35-21-30(25-14-6-8-16-31(25)35)29-20-22-10-4-5-13-24(22)33-27(29)18-19-28-26-15-7-9-17-32(26)36-34(28)33;1-2-6-17-15(5-1)13-21(16-11-12-25-14-16)19-9-10-20-18-7-3-4-8-22(18)26-24(20)23(17)19/h1-23H;3-20H,1-2H3;1-21H;1-14H. The summed E-state index contributed by atoms with van der Waals surface area (Å²) in [4.78, 5) is 0. The SMILES string of the molecule is CC1(C)c2ccccc2-c2ccc(-c3cc4ccccc4c4c3ccc3c5ccccc5oc34)cc21.c1ccc(-n2cc(-c3cc4ccccc4c4c3ccc3c4oc4ccc5ccccc5c43)c3ccccc32)cc1.c1ccc(-n2cc(-c3cc4ccccc4c4c3ccc3c5ccccc5oc34)c3ccccc32)cc1.c1ccc2c(c1)cc(-c1ccoc1)c1ccc3c4ccccc4oc3c12. The molecule has 138 heavy (non-hydrogen) atoms. The van der Waals surface area contributed by atoms with Crippen LogP contribution in [0.25, 0.3) is 274 Å². The van der Waals surface area contributed by atoms with E-state index in [-0.39, 0.29) is 5.41 Å². The summed E-state index contributed by atoms with van der Waals surface area (Å²) in [7, 11) is 0. The van der Waals surface area contributed by atoms with E-state index in [9.17, 15) is 0 Å². The molecule has 0 aliphatic heterocycles. The summed E-state index contributed by atoms with van der Waals surface area (Å²) < 4.78 is 36.0. The maximum atomic E-state index is 6.73. The van der Waals surface area contributed by atoms with E-state index in [2.05, 4.69) is 442 Å².